The first-order chi connectivity index (χ1) is 5.41. The maximum Gasteiger partial charge on any atom is 0.423 e. The molecule has 1 heterocycles. The summed E-state index contributed by atoms with van der Waals surface area (Å²) in [7, 11) is 0. The monoisotopic (exact) mass is 290 g/mol. The van der Waals surface area contributed by atoms with Crippen molar-refractivity contribution in [1.29, 1.82) is 0 Å². The number of rotatable bonds is 0. The summed E-state index contributed by atoms with van der Waals surface area (Å²) >= 11 is 1.62. The van der Waals surface area contributed by atoms with Crippen molar-refractivity contribution in [1.82, 2.24) is 9.97 Å². The smallest absolute Gasteiger partial charge is 0.301 e. The zero-order valence-corrected chi connectivity index (χ0v) is 7.60. The van der Waals surface area contributed by atoms with Crippen LogP contribution in [0.2, 0.25) is 0 Å². The first kappa shape index (κ1) is 9.49. The number of hydrogen-bond acceptors (Lipinski definition) is 2. The van der Waals surface area contributed by atoms with E-state index < -0.39 is 17.3 Å². The highest BCUT2D eigenvalue weighted by atomic mass is 127. The number of alkyl halides is 3. The maximum atomic E-state index is 11.9. The van der Waals surface area contributed by atoms with E-state index in [1.54, 1.807) is 22.6 Å². The summed E-state index contributed by atoms with van der Waals surface area (Å²) in [4.78, 5) is 15.9. The Morgan fingerprint density at radius 1 is 1.50 bits per heavy atom. The minimum Gasteiger partial charge on any atom is -0.301 e. The van der Waals surface area contributed by atoms with Crippen LogP contribution in [0.15, 0.2) is 11.0 Å². The van der Waals surface area contributed by atoms with Gasteiger partial charge >= 0.3 is 6.18 Å². The Balaban J connectivity index is 3.29. The van der Waals surface area contributed by atoms with Crippen LogP contribution in [0.4, 0.5) is 13.2 Å². The van der Waals surface area contributed by atoms with Crippen molar-refractivity contribution in [3.8, 4) is 0 Å². The van der Waals surface area contributed by atoms with Gasteiger partial charge in [-0.15, -0.1) is 0 Å². The van der Waals surface area contributed by atoms with Crippen LogP contribution in [0, 0.1) is 3.83 Å². The Hall–Kier alpha value is -0.600. The molecule has 3 nitrogen and oxygen atoms in total. The molecule has 66 valence electrons. The zero-order valence-electron chi connectivity index (χ0n) is 5.44. The Morgan fingerprint density at radius 2 is 2.08 bits per heavy atom. The first-order valence-electron chi connectivity index (χ1n) is 2.73. The highest BCUT2D eigenvalue weighted by Gasteiger charge is 2.34. The average Bonchev–Trinajstić information content (AvgIpc) is 1.83. The predicted molar refractivity (Wildman–Crippen MR) is 42.6 cm³/mol. The fourth-order valence-corrected chi connectivity index (χ4v) is 0.959. The van der Waals surface area contributed by atoms with E-state index in [0.29, 0.717) is 6.20 Å². The topological polar surface area (TPSA) is 45.8 Å². The largest absolute Gasteiger partial charge is 0.423 e. The summed E-state index contributed by atoms with van der Waals surface area (Å²) in [6, 6.07) is 0. The van der Waals surface area contributed by atoms with E-state index in [2.05, 4.69) is 4.98 Å². The summed E-state index contributed by atoms with van der Waals surface area (Å²) in [5, 5.41) is 0. The van der Waals surface area contributed by atoms with Crippen LogP contribution in [0.3, 0.4) is 0 Å². The standard InChI is InChI=1S/C5H2F3IN2O/c6-5(7,8)2-1-10-4(9)11-3(2)12/h1H,(H,10,11,12). The Bertz CT molecular complexity index is 345. The molecule has 1 rings (SSSR count). The van der Waals surface area contributed by atoms with Gasteiger partial charge in [0, 0.05) is 6.20 Å². The quantitative estimate of drug-likeness (QED) is 0.580. The minimum absolute atomic E-state index is 0.130. The number of hydrogen-bond donors (Lipinski definition) is 1. The molecule has 0 aliphatic heterocycles. The van der Waals surface area contributed by atoms with E-state index in [9.17, 15) is 18.0 Å². The van der Waals surface area contributed by atoms with E-state index in [-0.39, 0.29) is 3.83 Å². The number of aromatic amines is 1. The third-order valence-electron chi connectivity index (χ3n) is 1.07. The molecule has 0 aliphatic carbocycles. The third-order valence-corrected chi connectivity index (χ3v) is 1.62. The third kappa shape index (κ3) is 1.96. The molecule has 0 fully saturated rings. The fraction of sp³-hybridized carbons (Fsp3) is 0.200. The van der Waals surface area contributed by atoms with Gasteiger partial charge in [-0.05, 0) is 22.6 Å². The van der Waals surface area contributed by atoms with Gasteiger partial charge in [-0.25, -0.2) is 4.98 Å². The van der Waals surface area contributed by atoms with Gasteiger partial charge < -0.3 is 4.98 Å². The molecule has 0 amide bonds. The Labute approximate surface area is 78.2 Å². The number of aromatic nitrogens is 2. The molecule has 1 aromatic rings. The van der Waals surface area contributed by atoms with E-state index in [0.717, 1.165) is 0 Å². The van der Waals surface area contributed by atoms with Gasteiger partial charge in [0.1, 0.15) is 5.56 Å². The summed E-state index contributed by atoms with van der Waals surface area (Å²) in [5.41, 5.74) is -2.44. The van der Waals surface area contributed by atoms with Crippen molar-refractivity contribution in [2.45, 2.75) is 6.18 Å². The van der Waals surface area contributed by atoms with E-state index in [4.69, 9.17) is 0 Å². The van der Waals surface area contributed by atoms with Crippen molar-refractivity contribution >= 4 is 22.6 Å². The van der Waals surface area contributed by atoms with Gasteiger partial charge in [0.2, 0.25) is 0 Å². The lowest BCUT2D eigenvalue weighted by Gasteiger charge is -2.03. The molecule has 0 aromatic carbocycles. The molecule has 12 heavy (non-hydrogen) atoms. The zero-order chi connectivity index (χ0) is 9.35. The highest BCUT2D eigenvalue weighted by Crippen LogP contribution is 2.25. The predicted octanol–water partition coefficient (Wildman–Crippen LogP) is 1.39. The van der Waals surface area contributed by atoms with Crippen LogP contribution in [0.1, 0.15) is 5.56 Å². The summed E-state index contributed by atoms with van der Waals surface area (Å²) in [6.07, 6.45) is -4.12. The second-order valence-corrected chi connectivity index (χ2v) is 2.94. The maximum absolute atomic E-state index is 11.9. The number of halogens is 4. The summed E-state index contributed by atoms with van der Waals surface area (Å²) < 4.78 is 35.9. The molecule has 0 unspecified atom stereocenters. The van der Waals surface area contributed by atoms with Crippen LogP contribution >= 0.6 is 22.6 Å². The molecule has 1 aromatic heterocycles. The molecule has 0 saturated carbocycles. The van der Waals surface area contributed by atoms with Crippen LogP contribution < -0.4 is 5.56 Å². The fourth-order valence-electron chi connectivity index (χ4n) is 0.575. The number of nitrogens with zero attached hydrogens (tertiary/aromatic N) is 1. The van der Waals surface area contributed by atoms with Crippen molar-refractivity contribution in [2.24, 2.45) is 0 Å². The molecule has 0 atom stereocenters. The normalized spacial score (nSPS) is 11.7. The SMILES string of the molecule is O=c1[nH]c(I)ncc1C(F)(F)F. The molecule has 7 heteroatoms. The van der Waals surface area contributed by atoms with Crippen molar-refractivity contribution in [2.75, 3.05) is 0 Å². The van der Waals surface area contributed by atoms with E-state index in [1.165, 1.54) is 0 Å². The van der Waals surface area contributed by atoms with Crippen molar-refractivity contribution in [3.63, 3.8) is 0 Å². The Morgan fingerprint density at radius 3 is 2.50 bits per heavy atom. The average molecular weight is 290 g/mol. The molecule has 0 spiro atoms. The molecule has 1 N–H and O–H groups in total. The molecule has 0 aliphatic rings. The van der Waals surface area contributed by atoms with Gasteiger partial charge in [-0.2, -0.15) is 13.2 Å². The van der Waals surface area contributed by atoms with Gasteiger partial charge in [0.05, 0.1) is 0 Å². The van der Waals surface area contributed by atoms with Crippen molar-refractivity contribution < 1.29 is 13.2 Å². The van der Waals surface area contributed by atoms with Crippen LogP contribution in [0.25, 0.3) is 0 Å². The van der Waals surface area contributed by atoms with Gasteiger partial charge in [0.15, 0.2) is 3.83 Å². The molecule has 0 bridgehead atoms. The lowest BCUT2D eigenvalue weighted by atomic mass is 10.3. The lowest BCUT2D eigenvalue weighted by Crippen LogP contribution is -2.22. The molecular formula is C5H2F3IN2O. The van der Waals surface area contributed by atoms with Gasteiger partial charge in [-0.3, -0.25) is 4.79 Å². The van der Waals surface area contributed by atoms with Gasteiger partial charge in [-0.1, -0.05) is 0 Å². The van der Waals surface area contributed by atoms with Crippen LogP contribution in [-0.4, -0.2) is 9.97 Å². The molecule has 0 radical (unpaired) electrons. The summed E-state index contributed by atoms with van der Waals surface area (Å²) in [6.45, 7) is 0. The van der Waals surface area contributed by atoms with Gasteiger partial charge in [0.25, 0.3) is 5.56 Å². The minimum atomic E-state index is -4.63. The molecule has 0 saturated heterocycles. The Kier molecular flexibility index (Phi) is 2.40. The first-order valence-corrected chi connectivity index (χ1v) is 3.81. The van der Waals surface area contributed by atoms with E-state index >= 15 is 0 Å². The van der Waals surface area contributed by atoms with Crippen LogP contribution in [-0.2, 0) is 6.18 Å². The lowest BCUT2D eigenvalue weighted by molar-refractivity contribution is -0.139. The highest BCUT2D eigenvalue weighted by molar-refractivity contribution is 14.1. The van der Waals surface area contributed by atoms with Crippen molar-refractivity contribution in [3.05, 3.63) is 25.9 Å². The molecular weight excluding hydrogens is 288 g/mol. The number of nitrogens with one attached hydrogen (secondary N) is 1. The number of H-pyrrole nitrogens is 1. The van der Waals surface area contributed by atoms with E-state index in [1.807, 2.05) is 4.98 Å². The summed E-state index contributed by atoms with van der Waals surface area (Å²) in [5.74, 6) is 0. The second kappa shape index (κ2) is 3.04. The second-order valence-electron chi connectivity index (χ2n) is 1.91. The van der Waals surface area contributed by atoms with Crippen LogP contribution in [0.5, 0.6) is 0 Å².